The molecule has 0 saturated carbocycles. The summed E-state index contributed by atoms with van der Waals surface area (Å²) >= 11 is 12.4. The van der Waals surface area contributed by atoms with Crippen molar-refractivity contribution in [3.63, 3.8) is 0 Å². The van der Waals surface area contributed by atoms with Gasteiger partial charge in [-0.15, -0.1) is 0 Å². The standard InChI is InChI=1S/C32H39Cl2N3O5S/c1-32(2,3)35-31(39)29(21-23-10-7-6-8-11-23)36(22-24-13-18-27(33)28(34)20-24)30(38)12-9-19-37(43(5,40)41)25-14-16-26(42-4)17-15-25/h6-8,10-11,13-18,20,29H,9,12,19,21-22H2,1-5H3,(H,35,39)/t29-/m1/s1. The molecule has 43 heavy (non-hydrogen) atoms. The van der Waals surface area contributed by atoms with Crippen LogP contribution in [0, 0.1) is 0 Å². The number of anilines is 1. The number of benzene rings is 3. The van der Waals surface area contributed by atoms with E-state index in [4.69, 9.17) is 27.9 Å². The lowest BCUT2D eigenvalue weighted by Gasteiger charge is -2.34. The van der Waals surface area contributed by atoms with E-state index in [-0.39, 0.29) is 44.2 Å². The average molecular weight is 649 g/mol. The summed E-state index contributed by atoms with van der Waals surface area (Å²) in [7, 11) is -2.09. The molecule has 2 amide bonds. The van der Waals surface area contributed by atoms with Crippen LogP contribution in [0.4, 0.5) is 5.69 Å². The highest BCUT2D eigenvalue weighted by atomic mass is 35.5. The third kappa shape index (κ3) is 10.4. The van der Waals surface area contributed by atoms with Gasteiger partial charge in [-0.3, -0.25) is 13.9 Å². The van der Waals surface area contributed by atoms with Crippen LogP contribution in [-0.4, -0.2) is 56.6 Å². The van der Waals surface area contributed by atoms with Crippen LogP contribution in [0.15, 0.2) is 72.8 Å². The summed E-state index contributed by atoms with van der Waals surface area (Å²) in [5, 5.41) is 3.75. The largest absolute Gasteiger partial charge is 0.497 e. The summed E-state index contributed by atoms with van der Waals surface area (Å²) < 4.78 is 31.8. The maximum atomic E-state index is 14.0. The number of hydrogen-bond acceptors (Lipinski definition) is 5. The molecule has 3 rings (SSSR count). The Kier molecular flexibility index (Phi) is 11.9. The molecule has 1 atom stereocenters. The van der Waals surface area contributed by atoms with Crippen LogP contribution in [0.1, 0.15) is 44.7 Å². The molecule has 0 unspecified atom stereocenters. The van der Waals surface area contributed by atoms with E-state index < -0.39 is 21.6 Å². The smallest absolute Gasteiger partial charge is 0.243 e. The lowest BCUT2D eigenvalue weighted by Crippen LogP contribution is -2.54. The molecular weight excluding hydrogens is 609 g/mol. The molecule has 0 radical (unpaired) electrons. The summed E-state index contributed by atoms with van der Waals surface area (Å²) in [6.07, 6.45) is 1.66. The number of ether oxygens (including phenoxy) is 1. The molecule has 0 heterocycles. The van der Waals surface area contributed by atoms with Crippen molar-refractivity contribution in [3.8, 4) is 5.75 Å². The van der Waals surface area contributed by atoms with Crippen LogP contribution in [0.2, 0.25) is 10.0 Å². The van der Waals surface area contributed by atoms with E-state index >= 15 is 0 Å². The zero-order valence-corrected chi connectivity index (χ0v) is 27.5. The minimum Gasteiger partial charge on any atom is -0.497 e. The van der Waals surface area contributed by atoms with Crippen molar-refractivity contribution in [2.75, 3.05) is 24.2 Å². The van der Waals surface area contributed by atoms with Gasteiger partial charge in [0.25, 0.3) is 0 Å². The van der Waals surface area contributed by atoms with E-state index in [0.717, 1.165) is 11.8 Å². The molecule has 3 aromatic carbocycles. The second-order valence-corrected chi connectivity index (χ2v) is 14.1. The number of amides is 2. The van der Waals surface area contributed by atoms with Gasteiger partial charge >= 0.3 is 0 Å². The van der Waals surface area contributed by atoms with E-state index in [2.05, 4.69) is 5.32 Å². The van der Waals surface area contributed by atoms with E-state index in [1.165, 1.54) is 11.4 Å². The van der Waals surface area contributed by atoms with Crippen molar-refractivity contribution >= 4 is 50.7 Å². The van der Waals surface area contributed by atoms with Crippen molar-refractivity contribution in [2.24, 2.45) is 0 Å². The zero-order chi connectivity index (χ0) is 31.8. The second kappa shape index (κ2) is 14.9. The number of carbonyl (C=O) groups is 2. The van der Waals surface area contributed by atoms with Crippen LogP contribution in [0.25, 0.3) is 0 Å². The van der Waals surface area contributed by atoms with Gasteiger partial charge < -0.3 is 15.0 Å². The van der Waals surface area contributed by atoms with Gasteiger partial charge in [-0.1, -0.05) is 59.6 Å². The van der Waals surface area contributed by atoms with Crippen LogP contribution in [-0.2, 0) is 32.6 Å². The highest BCUT2D eigenvalue weighted by Gasteiger charge is 2.32. The maximum absolute atomic E-state index is 14.0. The Balaban J connectivity index is 1.91. The number of carbonyl (C=O) groups excluding carboxylic acids is 2. The maximum Gasteiger partial charge on any atom is 0.243 e. The first-order chi connectivity index (χ1) is 20.2. The minimum absolute atomic E-state index is 0.0115. The zero-order valence-electron chi connectivity index (χ0n) is 25.1. The number of halogens is 2. The predicted octanol–water partition coefficient (Wildman–Crippen LogP) is 6.10. The summed E-state index contributed by atoms with van der Waals surface area (Å²) in [6, 6.07) is 20.4. The van der Waals surface area contributed by atoms with Gasteiger partial charge in [-0.05, 0) is 74.7 Å². The molecule has 0 saturated heterocycles. The van der Waals surface area contributed by atoms with Gasteiger partial charge in [-0.25, -0.2) is 8.42 Å². The lowest BCUT2D eigenvalue weighted by molar-refractivity contribution is -0.142. The van der Waals surface area contributed by atoms with Crippen LogP contribution in [0.5, 0.6) is 5.75 Å². The third-order valence-corrected chi connectivity index (χ3v) is 8.55. The number of nitrogens with zero attached hydrogens (tertiary/aromatic N) is 2. The van der Waals surface area contributed by atoms with Crippen LogP contribution >= 0.6 is 23.2 Å². The predicted molar refractivity (Wildman–Crippen MR) is 173 cm³/mol. The minimum atomic E-state index is -3.63. The van der Waals surface area contributed by atoms with E-state index in [1.54, 1.807) is 47.4 Å². The van der Waals surface area contributed by atoms with E-state index in [1.807, 2.05) is 51.1 Å². The van der Waals surface area contributed by atoms with Crippen LogP contribution in [0.3, 0.4) is 0 Å². The first-order valence-electron chi connectivity index (χ1n) is 13.9. The Labute approximate surface area is 265 Å². The van der Waals surface area contributed by atoms with Gasteiger partial charge in [0.15, 0.2) is 0 Å². The van der Waals surface area contributed by atoms with Gasteiger partial charge in [0.05, 0.1) is 29.1 Å². The Hall–Kier alpha value is -3.27. The third-order valence-electron chi connectivity index (χ3n) is 6.62. The molecule has 8 nitrogen and oxygen atoms in total. The summed E-state index contributed by atoms with van der Waals surface area (Å²) in [5.74, 6) is 0.0170. The Morgan fingerprint density at radius 3 is 2.14 bits per heavy atom. The van der Waals surface area contributed by atoms with Gasteiger partial charge in [-0.2, -0.15) is 0 Å². The highest BCUT2D eigenvalue weighted by molar-refractivity contribution is 7.92. The fraction of sp³-hybridized carbons (Fsp3) is 0.375. The molecule has 0 fully saturated rings. The normalized spacial score (nSPS) is 12.3. The Morgan fingerprint density at radius 2 is 1.58 bits per heavy atom. The van der Waals surface area contributed by atoms with E-state index in [9.17, 15) is 18.0 Å². The molecule has 11 heteroatoms. The topological polar surface area (TPSA) is 96.0 Å². The first-order valence-corrected chi connectivity index (χ1v) is 16.5. The van der Waals surface area contributed by atoms with Gasteiger partial charge in [0, 0.05) is 31.5 Å². The summed E-state index contributed by atoms with van der Waals surface area (Å²) in [6.45, 7) is 5.84. The quantitative estimate of drug-likeness (QED) is 0.242. The van der Waals surface area contributed by atoms with Crippen LogP contribution < -0.4 is 14.4 Å². The SMILES string of the molecule is COc1ccc(N(CCCC(=O)N(Cc2ccc(Cl)c(Cl)c2)[C@H](Cc2ccccc2)C(=O)NC(C)(C)C)S(C)(=O)=O)cc1. The number of sulfonamides is 1. The Bertz CT molecular complexity index is 1490. The summed E-state index contributed by atoms with van der Waals surface area (Å²) in [5.41, 5.74) is 1.54. The van der Waals surface area contributed by atoms with Crippen molar-refractivity contribution in [3.05, 3.63) is 94.0 Å². The fourth-order valence-electron chi connectivity index (χ4n) is 4.59. The molecule has 0 bridgehead atoms. The lowest BCUT2D eigenvalue weighted by atomic mass is 10.00. The fourth-order valence-corrected chi connectivity index (χ4v) is 5.88. The van der Waals surface area contributed by atoms with Gasteiger partial charge in [0.2, 0.25) is 21.8 Å². The molecule has 0 aliphatic heterocycles. The number of hydrogen-bond donors (Lipinski definition) is 1. The first kappa shape index (κ1) is 34.2. The highest BCUT2D eigenvalue weighted by Crippen LogP contribution is 2.26. The molecule has 0 spiro atoms. The molecular formula is C32H39Cl2N3O5S. The van der Waals surface area contributed by atoms with Crippen molar-refractivity contribution in [1.82, 2.24) is 10.2 Å². The monoisotopic (exact) mass is 647 g/mol. The molecule has 232 valence electrons. The van der Waals surface area contributed by atoms with Crippen molar-refractivity contribution in [1.29, 1.82) is 0 Å². The van der Waals surface area contributed by atoms with E-state index in [0.29, 0.717) is 27.0 Å². The number of rotatable bonds is 13. The number of nitrogens with one attached hydrogen (secondary N) is 1. The molecule has 0 aromatic heterocycles. The number of methoxy groups -OCH3 is 1. The average Bonchev–Trinajstić information content (AvgIpc) is 2.94. The van der Waals surface area contributed by atoms with Crippen molar-refractivity contribution in [2.45, 2.75) is 58.2 Å². The molecule has 3 aromatic rings. The molecule has 0 aliphatic carbocycles. The molecule has 1 N–H and O–H groups in total. The molecule has 0 aliphatic rings. The van der Waals surface area contributed by atoms with Gasteiger partial charge in [0.1, 0.15) is 11.8 Å². The summed E-state index contributed by atoms with van der Waals surface area (Å²) in [4.78, 5) is 29.2. The van der Waals surface area contributed by atoms with Crippen molar-refractivity contribution < 1.29 is 22.7 Å². The Morgan fingerprint density at radius 1 is 0.930 bits per heavy atom. The second-order valence-electron chi connectivity index (χ2n) is 11.4.